The zero-order valence-electron chi connectivity index (χ0n) is 16.4. The number of nitrogens with one attached hydrogen (secondary N) is 2. The summed E-state index contributed by atoms with van der Waals surface area (Å²) in [5.41, 5.74) is 0.227. The van der Waals surface area contributed by atoms with Gasteiger partial charge in [0, 0.05) is 11.5 Å². The largest absolute Gasteiger partial charge is 0.349 e. The fourth-order valence-corrected chi connectivity index (χ4v) is 5.95. The number of carbonyl (C=O) groups is 1. The van der Waals surface area contributed by atoms with E-state index in [9.17, 15) is 4.79 Å². The SMILES string of the molecule is C.CC.CC12C=CC(=O)NC1CCC1C3CCCC3CCC12.CNC. The molecule has 1 aliphatic heterocycles. The Hall–Kier alpha value is -0.830. The number of rotatable bonds is 0. The number of hydrogen-bond acceptors (Lipinski definition) is 2. The topological polar surface area (TPSA) is 41.1 Å². The molecule has 0 spiro atoms. The van der Waals surface area contributed by atoms with Crippen LogP contribution < -0.4 is 10.6 Å². The minimum absolute atomic E-state index is 0. The third-order valence-corrected chi connectivity index (χ3v) is 6.88. The van der Waals surface area contributed by atoms with E-state index in [0.29, 0.717) is 6.04 Å². The van der Waals surface area contributed by atoms with Gasteiger partial charge in [-0.3, -0.25) is 4.79 Å². The summed E-state index contributed by atoms with van der Waals surface area (Å²) in [5, 5.41) is 5.98. The molecule has 0 saturated heterocycles. The molecule has 3 nitrogen and oxygen atoms in total. The molecular weight excluding hydrogens is 308 g/mol. The molecule has 0 aromatic rings. The van der Waals surface area contributed by atoms with Gasteiger partial charge in [0.05, 0.1) is 0 Å². The fraction of sp³-hybridized carbons (Fsp3) is 0.864. The van der Waals surface area contributed by atoms with Crippen molar-refractivity contribution in [1.82, 2.24) is 10.6 Å². The third kappa shape index (κ3) is 4.30. The van der Waals surface area contributed by atoms with Crippen LogP contribution in [0.2, 0.25) is 0 Å². The highest BCUT2D eigenvalue weighted by Crippen LogP contribution is 2.58. The van der Waals surface area contributed by atoms with Crippen LogP contribution in [-0.2, 0) is 4.79 Å². The number of carbonyl (C=O) groups excluding carboxylic acids is 1. The van der Waals surface area contributed by atoms with Gasteiger partial charge in [0.1, 0.15) is 0 Å². The number of fused-ring (bicyclic) bond motifs is 5. The highest BCUT2D eigenvalue weighted by molar-refractivity contribution is 5.89. The second kappa shape index (κ2) is 9.75. The number of amides is 1. The quantitative estimate of drug-likeness (QED) is 0.660. The van der Waals surface area contributed by atoms with Crippen LogP contribution >= 0.6 is 0 Å². The first-order valence-electron chi connectivity index (χ1n) is 10.2. The lowest BCUT2D eigenvalue weighted by atomic mass is 9.51. The molecule has 146 valence electrons. The smallest absolute Gasteiger partial charge is 0.243 e. The van der Waals surface area contributed by atoms with Crippen LogP contribution in [0.5, 0.6) is 0 Å². The predicted octanol–water partition coefficient (Wildman–Crippen LogP) is 4.78. The summed E-state index contributed by atoms with van der Waals surface area (Å²) < 4.78 is 0. The monoisotopic (exact) mass is 350 g/mol. The molecule has 0 aromatic carbocycles. The Morgan fingerprint density at radius 1 is 1.04 bits per heavy atom. The lowest BCUT2D eigenvalue weighted by molar-refractivity contribution is -0.121. The Balaban J connectivity index is 0.000000475. The first kappa shape index (κ1) is 22.2. The maximum atomic E-state index is 11.6. The molecule has 0 radical (unpaired) electrons. The minimum Gasteiger partial charge on any atom is -0.349 e. The molecule has 6 atom stereocenters. The molecule has 2 N–H and O–H groups in total. The van der Waals surface area contributed by atoms with Gasteiger partial charge in [-0.2, -0.15) is 0 Å². The average Bonchev–Trinajstić information content (AvgIpc) is 3.07. The van der Waals surface area contributed by atoms with E-state index in [-0.39, 0.29) is 18.7 Å². The van der Waals surface area contributed by atoms with Crippen molar-refractivity contribution in [2.75, 3.05) is 14.1 Å². The van der Waals surface area contributed by atoms with Gasteiger partial charge in [0.25, 0.3) is 0 Å². The molecule has 3 saturated carbocycles. The van der Waals surface area contributed by atoms with Crippen LogP contribution in [0.3, 0.4) is 0 Å². The maximum Gasteiger partial charge on any atom is 0.243 e. The van der Waals surface area contributed by atoms with E-state index in [2.05, 4.69) is 23.6 Å². The van der Waals surface area contributed by atoms with E-state index in [1.54, 1.807) is 6.08 Å². The summed E-state index contributed by atoms with van der Waals surface area (Å²) in [4.78, 5) is 11.6. The Morgan fingerprint density at radius 3 is 2.40 bits per heavy atom. The van der Waals surface area contributed by atoms with E-state index in [0.717, 1.165) is 23.7 Å². The maximum absolute atomic E-state index is 11.6. The van der Waals surface area contributed by atoms with Crippen LogP contribution in [0, 0.1) is 29.1 Å². The molecule has 0 aromatic heterocycles. The summed E-state index contributed by atoms with van der Waals surface area (Å²) in [6.45, 7) is 6.40. The van der Waals surface area contributed by atoms with Crippen LogP contribution in [-0.4, -0.2) is 26.0 Å². The van der Waals surface area contributed by atoms with Crippen molar-refractivity contribution in [1.29, 1.82) is 0 Å². The van der Waals surface area contributed by atoms with Crippen molar-refractivity contribution in [3.8, 4) is 0 Å². The molecular formula is C22H42N2O. The van der Waals surface area contributed by atoms with Crippen LogP contribution in [0.25, 0.3) is 0 Å². The molecule has 4 rings (SSSR count). The Labute approximate surface area is 156 Å². The standard InChI is InChI=1S/C17H25NO.C2H7N.C2H6.CH4/c1-17-10-9-16(19)18-15(17)8-6-13-12-4-2-3-11(12)5-7-14(13)17;1-3-2;1-2;/h9-15H,2-8H2,1H3,(H,18,19);3H,1-2H3;1-2H3;1H4. The van der Waals surface area contributed by atoms with Crippen LogP contribution in [0.15, 0.2) is 12.2 Å². The Bertz CT molecular complexity index is 447. The normalized spacial score (nSPS) is 40.5. The zero-order valence-corrected chi connectivity index (χ0v) is 16.4. The molecule has 25 heavy (non-hydrogen) atoms. The average molecular weight is 351 g/mol. The molecule has 6 unspecified atom stereocenters. The van der Waals surface area contributed by atoms with Gasteiger partial charge >= 0.3 is 0 Å². The summed E-state index contributed by atoms with van der Waals surface area (Å²) in [6, 6.07) is 0.393. The molecule has 4 aliphatic rings. The van der Waals surface area contributed by atoms with Gasteiger partial charge < -0.3 is 10.6 Å². The molecule has 3 aliphatic carbocycles. The summed E-state index contributed by atoms with van der Waals surface area (Å²) in [7, 11) is 3.75. The van der Waals surface area contributed by atoms with Crippen molar-refractivity contribution in [2.24, 2.45) is 29.1 Å². The summed E-state index contributed by atoms with van der Waals surface area (Å²) in [5.74, 6) is 3.89. The Morgan fingerprint density at radius 2 is 1.72 bits per heavy atom. The lowest BCUT2D eigenvalue weighted by Crippen LogP contribution is -2.58. The molecule has 0 bridgehead atoms. The van der Waals surface area contributed by atoms with Gasteiger partial charge in [-0.1, -0.05) is 47.1 Å². The zero-order chi connectivity index (χ0) is 17.7. The van der Waals surface area contributed by atoms with E-state index >= 15 is 0 Å². The Kier molecular flexibility index (Phi) is 8.67. The van der Waals surface area contributed by atoms with Crippen molar-refractivity contribution >= 4 is 5.91 Å². The molecule has 1 heterocycles. The number of hydrogen-bond donors (Lipinski definition) is 2. The fourth-order valence-electron chi connectivity index (χ4n) is 5.95. The van der Waals surface area contributed by atoms with Gasteiger partial charge in [-0.05, 0) is 75.9 Å². The van der Waals surface area contributed by atoms with Crippen molar-refractivity contribution < 1.29 is 4.79 Å². The van der Waals surface area contributed by atoms with Gasteiger partial charge in [0.2, 0.25) is 5.91 Å². The van der Waals surface area contributed by atoms with Gasteiger partial charge in [-0.15, -0.1) is 0 Å². The van der Waals surface area contributed by atoms with Crippen LogP contribution in [0.4, 0.5) is 0 Å². The first-order valence-corrected chi connectivity index (χ1v) is 10.2. The van der Waals surface area contributed by atoms with Gasteiger partial charge in [-0.25, -0.2) is 0 Å². The van der Waals surface area contributed by atoms with Crippen molar-refractivity contribution in [3.05, 3.63) is 12.2 Å². The van der Waals surface area contributed by atoms with Crippen LogP contribution in [0.1, 0.15) is 73.1 Å². The molecule has 3 fully saturated rings. The lowest BCUT2D eigenvalue weighted by Gasteiger charge is -2.56. The highest BCUT2D eigenvalue weighted by Gasteiger charge is 2.53. The molecule has 3 heteroatoms. The summed E-state index contributed by atoms with van der Waals surface area (Å²) >= 11 is 0. The summed E-state index contributed by atoms with van der Waals surface area (Å²) in [6.07, 6.45) is 13.8. The van der Waals surface area contributed by atoms with Gasteiger partial charge in [0.15, 0.2) is 0 Å². The van der Waals surface area contributed by atoms with E-state index in [1.165, 1.54) is 44.9 Å². The van der Waals surface area contributed by atoms with E-state index in [1.807, 2.05) is 27.9 Å². The second-order valence-corrected chi connectivity index (χ2v) is 8.04. The minimum atomic E-state index is 0. The van der Waals surface area contributed by atoms with E-state index in [4.69, 9.17) is 0 Å². The van der Waals surface area contributed by atoms with Crippen molar-refractivity contribution in [2.45, 2.75) is 79.2 Å². The van der Waals surface area contributed by atoms with Crippen molar-refractivity contribution in [3.63, 3.8) is 0 Å². The predicted molar refractivity (Wildman–Crippen MR) is 109 cm³/mol. The molecule has 1 amide bonds. The first-order chi connectivity index (χ1) is 11.6. The second-order valence-electron chi connectivity index (χ2n) is 8.04. The van der Waals surface area contributed by atoms with E-state index < -0.39 is 0 Å². The third-order valence-electron chi connectivity index (χ3n) is 6.88. The highest BCUT2D eigenvalue weighted by atomic mass is 16.1.